The maximum absolute atomic E-state index is 13.1. The number of nitrogens with zero attached hydrogens (tertiary/aromatic N) is 3. The lowest BCUT2D eigenvalue weighted by atomic mass is 10.2. The summed E-state index contributed by atoms with van der Waals surface area (Å²) in [6, 6.07) is 5.77. The van der Waals surface area contributed by atoms with Gasteiger partial charge < -0.3 is 4.98 Å². The highest BCUT2D eigenvalue weighted by Gasteiger charge is 2.15. The Kier molecular flexibility index (Phi) is 5.87. The largest absolute Gasteiger partial charge is 0.318 e. The van der Waals surface area contributed by atoms with Gasteiger partial charge in [0.25, 0.3) is 0 Å². The van der Waals surface area contributed by atoms with Crippen molar-refractivity contribution in [1.82, 2.24) is 19.5 Å². The standard InChI is InChI=1S/C17H16BrFN4O2S/c1-2-3-8-26-17-21-13(18)12-14(22-17)23(16(25)15(24)20-12)9-10-4-6-11(19)7-5-10/h4-7H,2-3,8-9H2,1H3,(H,20,24). The molecular formula is C17H16BrFN4O2S. The highest BCUT2D eigenvalue weighted by Crippen LogP contribution is 2.23. The van der Waals surface area contributed by atoms with E-state index in [0.717, 1.165) is 18.6 Å². The second-order valence-electron chi connectivity index (χ2n) is 5.67. The monoisotopic (exact) mass is 438 g/mol. The van der Waals surface area contributed by atoms with Crippen LogP contribution in [0.3, 0.4) is 0 Å². The molecule has 0 aliphatic carbocycles. The summed E-state index contributed by atoms with van der Waals surface area (Å²) in [5.74, 6) is 0.497. The van der Waals surface area contributed by atoms with Gasteiger partial charge in [0.15, 0.2) is 10.8 Å². The van der Waals surface area contributed by atoms with E-state index >= 15 is 0 Å². The molecule has 0 bridgehead atoms. The maximum atomic E-state index is 13.1. The van der Waals surface area contributed by atoms with E-state index in [2.05, 4.69) is 37.8 Å². The molecule has 3 rings (SSSR count). The molecule has 2 heterocycles. The van der Waals surface area contributed by atoms with Gasteiger partial charge in [0.05, 0.1) is 6.54 Å². The molecule has 1 N–H and O–H groups in total. The molecule has 0 fully saturated rings. The zero-order valence-electron chi connectivity index (χ0n) is 14.0. The molecule has 1 aromatic carbocycles. The zero-order chi connectivity index (χ0) is 18.7. The van der Waals surface area contributed by atoms with Crippen LogP contribution in [-0.4, -0.2) is 25.3 Å². The van der Waals surface area contributed by atoms with Gasteiger partial charge in [-0.25, -0.2) is 14.4 Å². The third-order valence-electron chi connectivity index (χ3n) is 3.74. The van der Waals surface area contributed by atoms with Gasteiger partial charge >= 0.3 is 11.1 Å². The van der Waals surface area contributed by atoms with Gasteiger partial charge in [-0.2, -0.15) is 0 Å². The average Bonchev–Trinajstić information content (AvgIpc) is 2.62. The minimum atomic E-state index is -0.754. The van der Waals surface area contributed by atoms with Gasteiger partial charge in [-0.1, -0.05) is 37.2 Å². The molecule has 0 unspecified atom stereocenters. The van der Waals surface area contributed by atoms with Crippen molar-refractivity contribution in [1.29, 1.82) is 0 Å². The van der Waals surface area contributed by atoms with Crippen LogP contribution in [0.15, 0.2) is 43.6 Å². The maximum Gasteiger partial charge on any atom is 0.318 e. The molecule has 136 valence electrons. The summed E-state index contributed by atoms with van der Waals surface area (Å²) in [7, 11) is 0. The minimum absolute atomic E-state index is 0.113. The number of benzene rings is 1. The first-order valence-corrected chi connectivity index (χ1v) is 9.85. The first-order valence-electron chi connectivity index (χ1n) is 8.07. The first kappa shape index (κ1) is 18.8. The van der Waals surface area contributed by atoms with Crippen LogP contribution >= 0.6 is 27.7 Å². The molecule has 2 aromatic heterocycles. The number of aromatic amines is 1. The summed E-state index contributed by atoms with van der Waals surface area (Å²) < 4.78 is 14.8. The average molecular weight is 439 g/mol. The highest BCUT2D eigenvalue weighted by atomic mass is 79.9. The summed E-state index contributed by atoms with van der Waals surface area (Å²) in [6.45, 7) is 2.21. The minimum Gasteiger partial charge on any atom is -0.312 e. The molecular weight excluding hydrogens is 423 g/mol. The Labute approximate surface area is 161 Å². The third-order valence-corrected chi connectivity index (χ3v) is 5.25. The number of fused-ring (bicyclic) bond motifs is 1. The van der Waals surface area contributed by atoms with Gasteiger partial charge in [0.2, 0.25) is 0 Å². The Morgan fingerprint density at radius 1 is 1.23 bits per heavy atom. The fourth-order valence-electron chi connectivity index (χ4n) is 2.38. The van der Waals surface area contributed by atoms with Gasteiger partial charge in [-0.3, -0.25) is 14.2 Å². The summed E-state index contributed by atoms with van der Waals surface area (Å²) in [5, 5.41) is 0.525. The molecule has 3 aromatic rings. The molecule has 0 radical (unpaired) electrons. The lowest BCUT2D eigenvalue weighted by molar-refractivity contribution is 0.626. The van der Waals surface area contributed by atoms with E-state index in [1.54, 1.807) is 12.1 Å². The number of unbranched alkanes of at least 4 members (excludes halogenated alkanes) is 1. The SMILES string of the molecule is CCCCSc1nc(Br)c2[nH]c(=O)c(=O)n(Cc3ccc(F)cc3)c2n1. The Balaban J connectivity index is 2.12. The molecule has 0 aliphatic heterocycles. The van der Waals surface area contributed by atoms with Crippen LogP contribution in [0.2, 0.25) is 0 Å². The van der Waals surface area contributed by atoms with Crippen LogP contribution in [0.1, 0.15) is 25.3 Å². The van der Waals surface area contributed by atoms with Gasteiger partial charge in [-0.05, 0) is 40.0 Å². The quantitative estimate of drug-likeness (QED) is 0.210. The molecule has 26 heavy (non-hydrogen) atoms. The van der Waals surface area contributed by atoms with Crippen molar-refractivity contribution >= 4 is 38.9 Å². The summed E-state index contributed by atoms with van der Waals surface area (Å²) in [5.41, 5.74) is -0.0843. The number of rotatable bonds is 6. The van der Waals surface area contributed by atoms with E-state index in [0.29, 0.717) is 26.5 Å². The van der Waals surface area contributed by atoms with Crippen LogP contribution < -0.4 is 11.1 Å². The zero-order valence-corrected chi connectivity index (χ0v) is 16.4. The molecule has 9 heteroatoms. The topological polar surface area (TPSA) is 80.6 Å². The Bertz CT molecular complexity index is 1050. The van der Waals surface area contributed by atoms with Gasteiger partial charge in [-0.15, -0.1) is 0 Å². The molecule has 0 spiro atoms. The number of hydrogen-bond acceptors (Lipinski definition) is 5. The van der Waals surface area contributed by atoms with E-state index in [-0.39, 0.29) is 12.4 Å². The summed E-state index contributed by atoms with van der Waals surface area (Å²) >= 11 is 4.84. The number of aromatic nitrogens is 4. The fourth-order valence-corrected chi connectivity index (χ4v) is 3.87. The Morgan fingerprint density at radius 2 is 1.96 bits per heavy atom. The molecule has 0 aliphatic rings. The second kappa shape index (κ2) is 8.13. The normalized spacial score (nSPS) is 11.2. The fraction of sp³-hybridized carbons (Fsp3) is 0.294. The smallest absolute Gasteiger partial charge is 0.312 e. The summed E-state index contributed by atoms with van der Waals surface area (Å²) in [4.78, 5) is 35.7. The number of H-pyrrole nitrogens is 1. The van der Waals surface area contributed by atoms with Crippen molar-refractivity contribution in [2.75, 3.05) is 5.75 Å². The van der Waals surface area contributed by atoms with E-state index in [1.165, 1.54) is 28.5 Å². The van der Waals surface area contributed by atoms with Crippen molar-refractivity contribution < 1.29 is 4.39 Å². The van der Waals surface area contributed by atoms with Crippen molar-refractivity contribution in [2.45, 2.75) is 31.5 Å². The number of nitrogens with one attached hydrogen (secondary N) is 1. The molecule has 6 nitrogen and oxygen atoms in total. The second-order valence-corrected chi connectivity index (χ2v) is 7.48. The number of hydrogen-bond donors (Lipinski definition) is 1. The van der Waals surface area contributed by atoms with Crippen molar-refractivity contribution in [2.24, 2.45) is 0 Å². The van der Waals surface area contributed by atoms with Crippen LogP contribution in [0.5, 0.6) is 0 Å². The molecule has 0 saturated heterocycles. The molecule has 0 amide bonds. The van der Waals surface area contributed by atoms with Crippen LogP contribution in [0.4, 0.5) is 4.39 Å². The van der Waals surface area contributed by atoms with E-state index in [1.807, 2.05) is 0 Å². The molecule has 0 saturated carbocycles. The van der Waals surface area contributed by atoms with E-state index in [9.17, 15) is 14.0 Å². The molecule has 0 atom stereocenters. The highest BCUT2D eigenvalue weighted by molar-refractivity contribution is 9.10. The van der Waals surface area contributed by atoms with Crippen molar-refractivity contribution in [3.63, 3.8) is 0 Å². The first-order chi connectivity index (χ1) is 12.5. The Hall–Kier alpha value is -2.00. The predicted octanol–water partition coefficient (Wildman–Crippen LogP) is 3.32. The van der Waals surface area contributed by atoms with Crippen molar-refractivity contribution in [3.05, 3.63) is 61.0 Å². The van der Waals surface area contributed by atoms with Gasteiger partial charge in [0.1, 0.15) is 15.9 Å². The van der Waals surface area contributed by atoms with Crippen molar-refractivity contribution in [3.8, 4) is 0 Å². The van der Waals surface area contributed by atoms with E-state index in [4.69, 9.17) is 0 Å². The van der Waals surface area contributed by atoms with Crippen LogP contribution in [-0.2, 0) is 6.54 Å². The lowest BCUT2D eigenvalue weighted by Crippen LogP contribution is -2.37. The van der Waals surface area contributed by atoms with Gasteiger partial charge in [0, 0.05) is 5.75 Å². The van der Waals surface area contributed by atoms with Crippen LogP contribution in [0, 0.1) is 5.82 Å². The third kappa shape index (κ3) is 4.04. The number of halogens is 2. The number of thioether (sulfide) groups is 1. The van der Waals surface area contributed by atoms with E-state index < -0.39 is 11.1 Å². The van der Waals surface area contributed by atoms with Crippen LogP contribution in [0.25, 0.3) is 11.2 Å². The predicted molar refractivity (Wildman–Crippen MR) is 103 cm³/mol. The summed E-state index contributed by atoms with van der Waals surface area (Å²) in [6.07, 6.45) is 2.09. The lowest BCUT2D eigenvalue weighted by Gasteiger charge is -2.11. The Morgan fingerprint density at radius 3 is 2.65 bits per heavy atom.